The van der Waals surface area contributed by atoms with Crippen LogP contribution in [0.5, 0.6) is 5.75 Å². The Hall–Kier alpha value is -3.06. The second-order valence-corrected chi connectivity index (χ2v) is 5.29. The molecule has 0 spiro atoms. The Kier molecular flexibility index (Phi) is 7.45. The smallest absolute Gasteiger partial charge is 0.421 e. The number of rotatable bonds is 8. The number of ether oxygens (including phenoxy) is 3. The molecule has 0 aliphatic carbocycles. The Labute approximate surface area is 152 Å². The molecule has 0 aliphatic heterocycles. The van der Waals surface area contributed by atoms with Gasteiger partial charge >= 0.3 is 12.1 Å². The van der Waals surface area contributed by atoms with Crippen LogP contribution in [0.2, 0.25) is 0 Å². The van der Waals surface area contributed by atoms with E-state index in [-0.39, 0.29) is 13.2 Å². The van der Waals surface area contributed by atoms with E-state index in [1.807, 2.05) is 30.3 Å². The van der Waals surface area contributed by atoms with Crippen molar-refractivity contribution in [3.05, 3.63) is 65.7 Å². The van der Waals surface area contributed by atoms with Crippen molar-refractivity contribution in [2.45, 2.75) is 19.6 Å². The molecular formula is C19H22N2O5. The lowest BCUT2D eigenvalue weighted by Gasteiger charge is -2.18. The van der Waals surface area contributed by atoms with Crippen LogP contribution in [0.25, 0.3) is 0 Å². The zero-order chi connectivity index (χ0) is 18.8. The van der Waals surface area contributed by atoms with E-state index < -0.39 is 18.1 Å². The molecule has 7 nitrogen and oxygen atoms in total. The summed E-state index contributed by atoms with van der Waals surface area (Å²) in [6, 6.07) is 15.3. The first-order valence-electron chi connectivity index (χ1n) is 8.16. The van der Waals surface area contributed by atoms with Crippen LogP contribution in [0.4, 0.5) is 4.79 Å². The standard InChI is InChI=1S/C19H22N2O5/c1-3-25-18(22)17(15-9-11-16(24-2)12-10-15)20-21-19(23)26-13-14-7-5-4-6-8-14/h4-12,17,20H,3,13H2,1-2H3,(H,21,23)/t17-/m0/s1. The number of hydrogen-bond acceptors (Lipinski definition) is 6. The molecule has 2 N–H and O–H groups in total. The average molecular weight is 358 g/mol. The van der Waals surface area contributed by atoms with Crippen molar-refractivity contribution in [1.29, 1.82) is 0 Å². The normalized spacial score (nSPS) is 11.3. The zero-order valence-electron chi connectivity index (χ0n) is 14.7. The lowest BCUT2D eigenvalue weighted by Crippen LogP contribution is -2.43. The van der Waals surface area contributed by atoms with E-state index in [1.54, 1.807) is 38.3 Å². The van der Waals surface area contributed by atoms with Gasteiger partial charge in [0, 0.05) is 0 Å². The average Bonchev–Trinajstić information content (AvgIpc) is 2.68. The molecule has 0 aromatic heterocycles. The number of nitrogens with one attached hydrogen (secondary N) is 2. The van der Waals surface area contributed by atoms with Gasteiger partial charge in [0.25, 0.3) is 0 Å². The number of hydrazine groups is 1. The van der Waals surface area contributed by atoms with Crippen LogP contribution in [-0.2, 0) is 20.9 Å². The van der Waals surface area contributed by atoms with Crippen molar-refractivity contribution in [2.75, 3.05) is 13.7 Å². The molecular weight excluding hydrogens is 336 g/mol. The number of benzene rings is 2. The van der Waals surface area contributed by atoms with E-state index in [0.29, 0.717) is 11.3 Å². The van der Waals surface area contributed by atoms with Crippen molar-refractivity contribution in [2.24, 2.45) is 0 Å². The van der Waals surface area contributed by atoms with E-state index in [1.165, 1.54) is 0 Å². The Morgan fingerprint density at radius 3 is 2.31 bits per heavy atom. The largest absolute Gasteiger partial charge is 0.497 e. The molecule has 2 aromatic rings. The summed E-state index contributed by atoms with van der Waals surface area (Å²) < 4.78 is 15.3. The Morgan fingerprint density at radius 2 is 1.69 bits per heavy atom. The first kappa shape index (κ1) is 19.3. The third-order valence-corrected chi connectivity index (χ3v) is 3.50. The monoisotopic (exact) mass is 358 g/mol. The van der Waals surface area contributed by atoms with Crippen molar-refractivity contribution < 1.29 is 23.8 Å². The number of carbonyl (C=O) groups excluding carboxylic acids is 2. The predicted molar refractivity (Wildman–Crippen MR) is 95.3 cm³/mol. The molecule has 2 rings (SSSR count). The lowest BCUT2D eigenvalue weighted by atomic mass is 10.1. The van der Waals surface area contributed by atoms with Crippen LogP contribution in [0.3, 0.4) is 0 Å². The summed E-state index contributed by atoms with van der Waals surface area (Å²) in [4.78, 5) is 24.0. The predicted octanol–water partition coefficient (Wildman–Crippen LogP) is 2.73. The number of hydrogen-bond donors (Lipinski definition) is 2. The van der Waals surface area contributed by atoms with Gasteiger partial charge in [0.05, 0.1) is 13.7 Å². The first-order valence-corrected chi connectivity index (χ1v) is 8.16. The molecule has 2 aromatic carbocycles. The second kappa shape index (κ2) is 10.0. The second-order valence-electron chi connectivity index (χ2n) is 5.29. The third-order valence-electron chi connectivity index (χ3n) is 3.50. The maximum atomic E-state index is 12.2. The van der Waals surface area contributed by atoms with Gasteiger partial charge in [-0.05, 0) is 30.2 Å². The van der Waals surface area contributed by atoms with E-state index in [9.17, 15) is 9.59 Å². The highest BCUT2D eigenvalue weighted by molar-refractivity contribution is 5.78. The molecule has 0 heterocycles. The summed E-state index contributed by atoms with van der Waals surface area (Å²) in [5, 5.41) is 0. The topological polar surface area (TPSA) is 85.9 Å². The lowest BCUT2D eigenvalue weighted by molar-refractivity contribution is -0.146. The van der Waals surface area contributed by atoms with E-state index >= 15 is 0 Å². The quantitative estimate of drug-likeness (QED) is 0.557. The van der Waals surface area contributed by atoms with Crippen LogP contribution in [0.15, 0.2) is 54.6 Å². The molecule has 0 bridgehead atoms. The molecule has 1 amide bonds. The summed E-state index contributed by atoms with van der Waals surface area (Å²) in [7, 11) is 1.56. The summed E-state index contributed by atoms with van der Waals surface area (Å²) in [5.74, 6) is 0.146. The molecule has 0 fully saturated rings. The van der Waals surface area contributed by atoms with Gasteiger partial charge < -0.3 is 14.2 Å². The summed E-state index contributed by atoms with van der Waals surface area (Å²) >= 11 is 0. The van der Waals surface area contributed by atoms with Crippen molar-refractivity contribution >= 4 is 12.1 Å². The van der Waals surface area contributed by atoms with Gasteiger partial charge in [-0.3, -0.25) is 5.43 Å². The molecule has 0 saturated heterocycles. The minimum Gasteiger partial charge on any atom is -0.497 e. The van der Waals surface area contributed by atoms with Gasteiger partial charge in [0.1, 0.15) is 18.4 Å². The van der Waals surface area contributed by atoms with Crippen LogP contribution in [-0.4, -0.2) is 25.8 Å². The van der Waals surface area contributed by atoms with Gasteiger partial charge in [-0.2, -0.15) is 0 Å². The van der Waals surface area contributed by atoms with Crippen molar-refractivity contribution in [1.82, 2.24) is 10.9 Å². The maximum absolute atomic E-state index is 12.2. The van der Waals surface area contributed by atoms with Gasteiger partial charge in [0.2, 0.25) is 0 Å². The van der Waals surface area contributed by atoms with E-state index in [0.717, 1.165) is 5.56 Å². The molecule has 0 unspecified atom stereocenters. The number of amides is 1. The summed E-state index contributed by atoms with van der Waals surface area (Å²) in [6.07, 6.45) is -0.698. The highest BCUT2D eigenvalue weighted by atomic mass is 16.6. The number of esters is 1. The number of methoxy groups -OCH3 is 1. The minimum atomic E-state index is -0.870. The molecule has 26 heavy (non-hydrogen) atoms. The maximum Gasteiger partial charge on any atom is 0.421 e. The third kappa shape index (κ3) is 5.78. The van der Waals surface area contributed by atoms with Crippen LogP contribution >= 0.6 is 0 Å². The molecule has 1 atom stereocenters. The summed E-state index contributed by atoms with van der Waals surface area (Å²) in [6.45, 7) is 2.07. The van der Waals surface area contributed by atoms with E-state index in [4.69, 9.17) is 14.2 Å². The number of carbonyl (C=O) groups is 2. The van der Waals surface area contributed by atoms with Crippen LogP contribution in [0.1, 0.15) is 24.1 Å². The fraction of sp³-hybridized carbons (Fsp3) is 0.263. The zero-order valence-corrected chi connectivity index (χ0v) is 14.7. The Morgan fingerprint density at radius 1 is 1.00 bits per heavy atom. The molecule has 138 valence electrons. The van der Waals surface area contributed by atoms with Gasteiger partial charge in [-0.1, -0.05) is 42.5 Å². The Balaban J connectivity index is 1.95. The first-order chi connectivity index (χ1) is 12.6. The summed E-state index contributed by atoms with van der Waals surface area (Å²) in [5.41, 5.74) is 6.51. The molecule has 7 heteroatoms. The van der Waals surface area contributed by atoms with Gasteiger partial charge in [0.15, 0.2) is 0 Å². The Bertz CT molecular complexity index is 704. The highest BCUT2D eigenvalue weighted by Gasteiger charge is 2.22. The fourth-order valence-corrected chi connectivity index (χ4v) is 2.19. The van der Waals surface area contributed by atoms with Gasteiger partial charge in [-0.15, -0.1) is 0 Å². The highest BCUT2D eigenvalue weighted by Crippen LogP contribution is 2.18. The fourth-order valence-electron chi connectivity index (χ4n) is 2.19. The van der Waals surface area contributed by atoms with Crippen LogP contribution in [0, 0.1) is 0 Å². The minimum absolute atomic E-state index is 0.126. The van der Waals surface area contributed by atoms with Gasteiger partial charge in [-0.25, -0.2) is 15.0 Å². The molecule has 0 aliphatic rings. The van der Waals surface area contributed by atoms with Crippen molar-refractivity contribution in [3.63, 3.8) is 0 Å². The molecule has 0 radical (unpaired) electrons. The van der Waals surface area contributed by atoms with Crippen molar-refractivity contribution in [3.8, 4) is 5.75 Å². The molecule has 0 saturated carbocycles. The van der Waals surface area contributed by atoms with Crippen LogP contribution < -0.4 is 15.6 Å². The SMILES string of the molecule is CCOC(=O)[C@@H](NNC(=O)OCc1ccccc1)c1ccc(OC)cc1. The van der Waals surface area contributed by atoms with E-state index in [2.05, 4.69) is 10.9 Å².